The van der Waals surface area contributed by atoms with Crippen molar-refractivity contribution in [3.63, 3.8) is 0 Å². The Balaban J connectivity index is 2.63. The average Bonchev–Trinajstić information content (AvgIpc) is 2.08. The van der Waals surface area contributed by atoms with Gasteiger partial charge in [-0.1, -0.05) is 6.92 Å². The minimum atomic E-state index is -1.32. The number of hydrogen-bond donors (Lipinski definition) is 4. The molecule has 5 atom stereocenters. The van der Waals surface area contributed by atoms with E-state index in [1.54, 1.807) is 6.92 Å². The first-order valence-corrected chi connectivity index (χ1v) is 3.88. The summed E-state index contributed by atoms with van der Waals surface area (Å²) in [6.07, 6.45) is -4.16. The maximum absolute atomic E-state index is 9.37. The molecule has 0 aromatic carbocycles. The van der Waals surface area contributed by atoms with Gasteiger partial charge in [0.15, 0.2) is 6.29 Å². The van der Waals surface area contributed by atoms with Crippen molar-refractivity contribution >= 4 is 0 Å². The molecule has 12 heavy (non-hydrogen) atoms. The molecule has 1 heterocycles. The van der Waals surface area contributed by atoms with Crippen LogP contribution < -0.4 is 0 Å². The Kier molecular flexibility index (Phi) is 3.03. The van der Waals surface area contributed by atoms with E-state index < -0.39 is 30.5 Å². The molecule has 0 aromatic heterocycles. The van der Waals surface area contributed by atoms with Crippen LogP contribution in [-0.4, -0.2) is 51.6 Å². The molecule has 1 aliphatic rings. The Bertz CT molecular complexity index is 146. The average molecular weight is 178 g/mol. The van der Waals surface area contributed by atoms with Crippen LogP contribution in [0.15, 0.2) is 0 Å². The second-order valence-corrected chi connectivity index (χ2v) is 3.09. The van der Waals surface area contributed by atoms with Crippen molar-refractivity contribution in [1.82, 2.24) is 0 Å². The molecule has 0 saturated carbocycles. The molecular formula is C7H14O5. The van der Waals surface area contributed by atoms with Crippen molar-refractivity contribution in [1.29, 1.82) is 0 Å². The van der Waals surface area contributed by atoms with E-state index >= 15 is 0 Å². The lowest BCUT2D eigenvalue weighted by molar-refractivity contribution is -0.271. The zero-order chi connectivity index (χ0) is 9.30. The summed E-state index contributed by atoms with van der Waals surface area (Å²) in [7, 11) is 0. The van der Waals surface area contributed by atoms with Crippen LogP contribution in [0, 0.1) is 5.92 Å². The zero-order valence-electron chi connectivity index (χ0n) is 6.79. The molecule has 0 bridgehead atoms. The fraction of sp³-hybridized carbons (Fsp3) is 1.00. The highest BCUT2D eigenvalue weighted by Gasteiger charge is 2.40. The van der Waals surface area contributed by atoms with Crippen LogP contribution in [0.5, 0.6) is 0 Å². The first kappa shape index (κ1) is 9.88. The van der Waals surface area contributed by atoms with E-state index in [1.807, 2.05) is 0 Å². The Morgan fingerprint density at radius 3 is 2.25 bits per heavy atom. The smallest absolute Gasteiger partial charge is 0.181 e. The van der Waals surface area contributed by atoms with Gasteiger partial charge >= 0.3 is 0 Å². The monoisotopic (exact) mass is 178 g/mol. The Morgan fingerprint density at radius 2 is 1.75 bits per heavy atom. The minimum absolute atomic E-state index is 0.366. The van der Waals surface area contributed by atoms with Crippen molar-refractivity contribution in [3.05, 3.63) is 0 Å². The lowest BCUT2D eigenvalue weighted by atomic mass is 9.91. The lowest BCUT2D eigenvalue weighted by Crippen LogP contribution is -2.54. The van der Waals surface area contributed by atoms with Crippen LogP contribution in [0.4, 0.5) is 0 Å². The minimum Gasteiger partial charge on any atom is -0.394 e. The van der Waals surface area contributed by atoms with Crippen LogP contribution >= 0.6 is 0 Å². The molecule has 0 radical (unpaired) electrons. The topological polar surface area (TPSA) is 90.2 Å². The number of aliphatic hydroxyl groups is 4. The van der Waals surface area contributed by atoms with Gasteiger partial charge in [-0.25, -0.2) is 0 Å². The van der Waals surface area contributed by atoms with Gasteiger partial charge < -0.3 is 25.2 Å². The Hall–Kier alpha value is -0.200. The number of ether oxygens (including phenoxy) is 1. The van der Waals surface area contributed by atoms with Gasteiger partial charge in [-0.2, -0.15) is 0 Å². The molecular weight excluding hydrogens is 164 g/mol. The largest absolute Gasteiger partial charge is 0.394 e. The van der Waals surface area contributed by atoms with E-state index in [4.69, 9.17) is 14.9 Å². The highest BCUT2D eigenvalue weighted by atomic mass is 16.6. The number of aliphatic hydroxyl groups excluding tert-OH is 4. The molecule has 1 saturated heterocycles. The van der Waals surface area contributed by atoms with Crippen molar-refractivity contribution in [3.8, 4) is 0 Å². The Labute approximate surface area is 70.2 Å². The normalized spacial score (nSPS) is 49.2. The number of rotatable bonds is 1. The third-order valence-electron chi connectivity index (χ3n) is 2.24. The summed E-state index contributed by atoms with van der Waals surface area (Å²) in [4.78, 5) is 0. The molecule has 5 heteroatoms. The fourth-order valence-corrected chi connectivity index (χ4v) is 1.29. The lowest BCUT2D eigenvalue weighted by Gasteiger charge is -2.38. The van der Waals surface area contributed by atoms with E-state index in [2.05, 4.69) is 0 Å². The summed E-state index contributed by atoms with van der Waals surface area (Å²) in [6.45, 7) is 1.22. The SMILES string of the molecule is C[C@@H]1[C@H](O)[C@@H](O)O[C@H](CO)[C@H]1O. The Morgan fingerprint density at radius 1 is 1.17 bits per heavy atom. The second-order valence-electron chi connectivity index (χ2n) is 3.09. The van der Waals surface area contributed by atoms with Gasteiger partial charge in [0.1, 0.15) is 12.2 Å². The van der Waals surface area contributed by atoms with Gasteiger partial charge in [0, 0.05) is 5.92 Å². The molecule has 0 aliphatic carbocycles. The highest BCUT2D eigenvalue weighted by Crippen LogP contribution is 2.24. The first-order chi connectivity index (χ1) is 5.57. The van der Waals surface area contributed by atoms with E-state index in [-0.39, 0.29) is 6.61 Å². The van der Waals surface area contributed by atoms with Crippen LogP contribution in [0.1, 0.15) is 6.92 Å². The van der Waals surface area contributed by atoms with Gasteiger partial charge in [-0.3, -0.25) is 0 Å². The molecule has 0 amide bonds. The third kappa shape index (κ3) is 1.60. The van der Waals surface area contributed by atoms with Crippen molar-refractivity contribution in [2.45, 2.75) is 31.5 Å². The van der Waals surface area contributed by atoms with Crippen molar-refractivity contribution in [2.24, 2.45) is 5.92 Å². The van der Waals surface area contributed by atoms with Gasteiger partial charge in [-0.15, -0.1) is 0 Å². The quantitative estimate of drug-likeness (QED) is 0.375. The molecule has 5 nitrogen and oxygen atoms in total. The molecule has 0 aromatic rings. The van der Waals surface area contributed by atoms with Crippen LogP contribution in [0.3, 0.4) is 0 Å². The first-order valence-electron chi connectivity index (χ1n) is 3.88. The predicted octanol–water partition coefficient (Wildman–Crippen LogP) is -1.95. The summed E-state index contributed by atoms with van der Waals surface area (Å²) in [5, 5.41) is 36.4. The highest BCUT2D eigenvalue weighted by molar-refractivity contribution is 4.85. The summed E-state index contributed by atoms with van der Waals surface area (Å²) in [6, 6.07) is 0. The molecule has 1 aliphatic heterocycles. The van der Waals surface area contributed by atoms with Crippen LogP contribution in [-0.2, 0) is 4.74 Å². The summed E-state index contributed by atoms with van der Waals surface area (Å²) in [5.41, 5.74) is 0. The molecule has 0 spiro atoms. The number of hydrogen-bond acceptors (Lipinski definition) is 5. The zero-order valence-corrected chi connectivity index (χ0v) is 6.79. The van der Waals surface area contributed by atoms with Crippen molar-refractivity contribution < 1.29 is 25.2 Å². The third-order valence-corrected chi connectivity index (χ3v) is 2.24. The van der Waals surface area contributed by atoms with Crippen LogP contribution in [0.25, 0.3) is 0 Å². The molecule has 1 fully saturated rings. The van der Waals surface area contributed by atoms with Gasteiger partial charge in [-0.05, 0) is 0 Å². The summed E-state index contributed by atoms with van der Waals surface area (Å²) < 4.78 is 4.74. The summed E-state index contributed by atoms with van der Waals surface area (Å²) in [5.74, 6) is -0.495. The molecule has 4 N–H and O–H groups in total. The van der Waals surface area contributed by atoms with E-state index in [1.165, 1.54) is 0 Å². The van der Waals surface area contributed by atoms with Gasteiger partial charge in [0.2, 0.25) is 0 Å². The maximum Gasteiger partial charge on any atom is 0.181 e. The summed E-state index contributed by atoms with van der Waals surface area (Å²) >= 11 is 0. The van der Waals surface area contributed by atoms with Crippen molar-refractivity contribution in [2.75, 3.05) is 6.61 Å². The van der Waals surface area contributed by atoms with Crippen LogP contribution in [0.2, 0.25) is 0 Å². The molecule has 0 unspecified atom stereocenters. The van der Waals surface area contributed by atoms with E-state index in [0.29, 0.717) is 0 Å². The molecule has 1 rings (SSSR count). The van der Waals surface area contributed by atoms with Gasteiger partial charge in [0.25, 0.3) is 0 Å². The molecule has 72 valence electrons. The van der Waals surface area contributed by atoms with Gasteiger partial charge in [0.05, 0.1) is 12.7 Å². The predicted molar refractivity (Wildman–Crippen MR) is 39.1 cm³/mol. The van der Waals surface area contributed by atoms with E-state index in [9.17, 15) is 10.2 Å². The fourth-order valence-electron chi connectivity index (χ4n) is 1.29. The standard InChI is InChI=1S/C7H14O5/c1-3-5(9)4(2-8)12-7(11)6(3)10/h3-11H,2H2,1H3/t3-,4+,5-,6-,7-/m0/s1. The van der Waals surface area contributed by atoms with E-state index in [0.717, 1.165) is 0 Å². The maximum atomic E-state index is 9.37. The second kappa shape index (κ2) is 3.68.